The summed E-state index contributed by atoms with van der Waals surface area (Å²) in [5, 5.41) is 0. The van der Waals surface area contributed by atoms with Crippen LogP contribution in [0.1, 0.15) is 5.56 Å². The molecule has 1 aromatic rings. The molecule has 0 nitrogen and oxygen atoms in total. The van der Waals surface area contributed by atoms with Gasteiger partial charge in [0.05, 0.1) is 0 Å². The molecule has 1 aliphatic rings. The molecule has 0 radical (unpaired) electrons. The van der Waals surface area contributed by atoms with Gasteiger partial charge in [-0.15, -0.1) is 0 Å². The highest BCUT2D eigenvalue weighted by Gasteiger charge is 1.98. The fraction of sp³-hybridized carbons (Fsp3) is 0. The van der Waals surface area contributed by atoms with Crippen molar-refractivity contribution in [3.8, 4) is 0 Å². The second-order valence-corrected chi connectivity index (χ2v) is 2.35. The van der Waals surface area contributed by atoms with Crippen LogP contribution in [0.5, 0.6) is 0 Å². The summed E-state index contributed by atoms with van der Waals surface area (Å²) in [5.41, 5.74) is 2.64. The summed E-state index contributed by atoms with van der Waals surface area (Å²) in [6.07, 6.45) is 6.30. The minimum absolute atomic E-state index is 1.31. The van der Waals surface area contributed by atoms with Crippen LogP contribution in [0.4, 0.5) is 0 Å². The SMILES string of the molecule is C1=CC(c2ccccc2)=C1. The van der Waals surface area contributed by atoms with Crippen LogP contribution in [0.25, 0.3) is 5.57 Å². The molecule has 0 aliphatic heterocycles. The summed E-state index contributed by atoms with van der Waals surface area (Å²) < 4.78 is 0. The zero-order valence-electron chi connectivity index (χ0n) is 5.62. The molecule has 0 saturated heterocycles. The van der Waals surface area contributed by atoms with Crippen molar-refractivity contribution in [3.63, 3.8) is 0 Å². The Morgan fingerprint density at radius 1 is 0.900 bits per heavy atom. The van der Waals surface area contributed by atoms with Crippen LogP contribution in [0.3, 0.4) is 0 Å². The standard InChI is InChI=1S/C10H8/c1-2-5-9(6-3-1)10-7-4-8-10/h1-8H. The Labute approximate surface area is 60.5 Å². The van der Waals surface area contributed by atoms with Gasteiger partial charge in [0.1, 0.15) is 0 Å². The maximum Gasteiger partial charge on any atom is -0.0184 e. The maximum atomic E-state index is 2.12. The van der Waals surface area contributed by atoms with Crippen molar-refractivity contribution in [1.29, 1.82) is 0 Å². The molecule has 1 aromatic carbocycles. The van der Waals surface area contributed by atoms with Gasteiger partial charge in [0, 0.05) is 0 Å². The number of hydrogen-bond donors (Lipinski definition) is 0. The molecule has 0 unspecified atom stereocenters. The first kappa shape index (κ1) is 5.48. The van der Waals surface area contributed by atoms with Crippen molar-refractivity contribution < 1.29 is 0 Å². The predicted molar refractivity (Wildman–Crippen MR) is 43.6 cm³/mol. The Morgan fingerprint density at radius 2 is 1.60 bits per heavy atom. The minimum Gasteiger partial charge on any atom is -0.0622 e. The molecule has 0 N–H and O–H groups in total. The molecule has 0 aromatic heterocycles. The number of benzene rings is 1. The predicted octanol–water partition coefficient (Wildman–Crippen LogP) is 2.64. The molecule has 0 bridgehead atoms. The van der Waals surface area contributed by atoms with Gasteiger partial charge in [-0.1, -0.05) is 48.6 Å². The lowest BCUT2D eigenvalue weighted by Crippen LogP contribution is -1.83. The highest BCUT2D eigenvalue weighted by atomic mass is 14.0. The van der Waals surface area contributed by atoms with Crippen LogP contribution in [-0.4, -0.2) is 0 Å². The largest absolute Gasteiger partial charge is 0.0622 e. The molecule has 48 valence electrons. The summed E-state index contributed by atoms with van der Waals surface area (Å²) in [5.74, 6) is 0. The van der Waals surface area contributed by atoms with E-state index in [1.807, 2.05) is 6.07 Å². The minimum atomic E-state index is 1.31. The summed E-state index contributed by atoms with van der Waals surface area (Å²) in [6, 6.07) is 10.4. The molecular formula is C10H8. The van der Waals surface area contributed by atoms with Gasteiger partial charge in [-0.25, -0.2) is 0 Å². The van der Waals surface area contributed by atoms with Crippen LogP contribution in [-0.2, 0) is 0 Å². The van der Waals surface area contributed by atoms with Crippen LogP contribution in [0, 0.1) is 0 Å². The van der Waals surface area contributed by atoms with Crippen LogP contribution in [0.15, 0.2) is 48.6 Å². The molecule has 1 aliphatic carbocycles. The van der Waals surface area contributed by atoms with E-state index >= 15 is 0 Å². The molecule has 0 amide bonds. The van der Waals surface area contributed by atoms with E-state index in [4.69, 9.17) is 0 Å². The first-order valence-electron chi connectivity index (χ1n) is 3.40. The molecular weight excluding hydrogens is 120 g/mol. The van der Waals surface area contributed by atoms with Crippen LogP contribution < -0.4 is 0 Å². The fourth-order valence-electron chi connectivity index (χ4n) is 1.02. The van der Waals surface area contributed by atoms with Gasteiger partial charge in [0.2, 0.25) is 0 Å². The summed E-state index contributed by atoms with van der Waals surface area (Å²) in [6.45, 7) is 0. The Kier molecular flexibility index (Phi) is 1.17. The third-order valence-corrected chi connectivity index (χ3v) is 1.66. The number of allylic oxidation sites excluding steroid dienone is 4. The van der Waals surface area contributed by atoms with Gasteiger partial charge in [-0.3, -0.25) is 0 Å². The summed E-state index contributed by atoms with van der Waals surface area (Å²) in [7, 11) is 0. The second kappa shape index (κ2) is 2.14. The smallest absolute Gasteiger partial charge is 0.0184 e. The van der Waals surface area contributed by atoms with Crippen molar-refractivity contribution in [2.75, 3.05) is 0 Å². The third-order valence-electron chi connectivity index (χ3n) is 1.66. The van der Waals surface area contributed by atoms with Gasteiger partial charge in [-0.05, 0) is 11.1 Å². The highest BCUT2D eigenvalue weighted by Crippen LogP contribution is 2.20. The summed E-state index contributed by atoms with van der Waals surface area (Å²) >= 11 is 0. The molecule has 10 heavy (non-hydrogen) atoms. The average molecular weight is 128 g/mol. The van der Waals surface area contributed by atoms with Gasteiger partial charge in [0.15, 0.2) is 0 Å². The zero-order valence-corrected chi connectivity index (χ0v) is 5.62. The molecule has 0 saturated carbocycles. The zero-order chi connectivity index (χ0) is 6.81. The molecule has 0 fully saturated rings. The van der Waals surface area contributed by atoms with Crippen LogP contribution in [0.2, 0.25) is 0 Å². The molecule has 0 atom stereocenters. The third kappa shape index (κ3) is 0.781. The van der Waals surface area contributed by atoms with E-state index in [1.54, 1.807) is 0 Å². The Hall–Kier alpha value is -1.30. The number of rotatable bonds is 1. The van der Waals surface area contributed by atoms with Crippen molar-refractivity contribution in [3.05, 3.63) is 54.1 Å². The Balaban J connectivity index is 2.35. The van der Waals surface area contributed by atoms with Crippen molar-refractivity contribution >= 4 is 5.57 Å². The first-order valence-corrected chi connectivity index (χ1v) is 3.40. The van der Waals surface area contributed by atoms with Crippen molar-refractivity contribution in [2.45, 2.75) is 0 Å². The van der Waals surface area contributed by atoms with Crippen molar-refractivity contribution in [2.24, 2.45) is 0 Å². The first-order chi connectivity index (χ1) is 4.97. The van der Waals surface area contributed by atoms with E-state index in [1.165, 1.54) is 11.1 Å². The fourth-order valence-corrected chi connectivity index (χ4v) is 1.02. The second-order valence-electron chi connectivity index (χ2n) is 2.35. The lowest BCUT2D eigenvalue weighted by Gasteiger charge is -2.05. The molecule has 0 heterocycles. The Morgan fingerprint density at radius 3 is 2.10 bits per heavy atom. The molecule has 2 rings (SSSR count). The van der Waals surface area contributed by atoms with Gasteiger partial charge >= 0.3 is 0 Å². The van der Waals surface area contributed by atoms with E-state index in [0.717, 1.165) is 0 Å². The van der Waals surface area contributed by atoms with Gasteiger partial charge < -0.3 is 0 Å². The summed E-state index contributed by atoms with van der Waals surface area (Å²) in [4.78, 5) is 0. The number of hydrogen-bond acceptors (Lipinski definition) is 0. The topological polar surface area (TPSA) is 0 Å². The van der Waals surface area contributed by atoms with E-state index in [2.05, 4.69) is 42.5 Å². The van der Waals surface area contributed by atoms with E-state index < -0.39 is 0 Å². The van der Waals surface area contributed by atoms with E-state index in [-0.39, 0.29) is 0 Å². The lowest BCUT2D eigenvalue weighted by molar-refractivity contribution is 1.60. The lowest BCUT2D eigenvalue weighted by atomic mass is 10.00. The molecule has 0 spiro atoms. The maximum absolute atomic E-state index is 2.12. The van der Waals surface area contributed by atoms with E-state index in [0.29, 0.717) is 0 Å². The quantitative estimate of drug-likeness (QED) is 0.545. The van der Waals surface area contributed by atoms with Crippen LogP contribution >= 0.6 is 0 Å². The van der Waals surface area contributed by atoms with Gasteiger partial charge in [0.25, 0.3) is 0 Å². The molecule has 0 heteroatoms. The average Bonchev–Trinajstić information content (AvgIpc) is 1.86. The monoisotopic (exact) mass is 128 g/mol. The van der Waals surface area contributed by atoms with Gasteiger partial charge in [-0.2, -0.15) is 0 Å². The van der Waals surface area contributed by atoms with Crippen molar-refractivity contribution in [1.82, 2.24) is 0 Å². The Bertz CT molecular complexity index is 278. The normalized spacial score (nSPS) is 14.2. The van der Waals surface area contributed by atoms with E-state index in [9.17, 15) is 0 Å². The highest BCUT2D eigenvalue weighted by molar-refractivity contribution is 5.80.